The quantitative estimate of drug-likeness (QED) is 0.154. The molecule has 8 aromatic rings. The van der Waals surface area contributed by atoms with Crippen molar-refractivity contribution in [1.82, 2.24) is 0 Å². The third-order valence-electron chi connectivity index (χ3n) is 22.7. The van der Waals surface area contributed by atoms with E-state index in [9.17, 15) is 0 Å². The molecule has 0 nitrogen and oxygen atoms in total. The predicted octanol–water partition coefficient (Wildman–Crippen LogP) is 23.8. The standard InChI is InChI=1S/C88H86/c1-83(2,3)52-34-37-60-70(44-52)87(13,14)72-46-54(85(7,8)9)42-65(78(60)72)51-33-36-57-66(41-51)59-30-24-31-62-77(59)68(57)48-69-74(49-25-19-17-20-26-49)81-64-40-39-56(58-29-23-32-63(76(58)64)82(81)75(80(62)69)50-27-21-18-22-28-50)67-43-55(86(10,11)12)47-73-79(67)61-38-35-53(84(4,5)6)45-71(61)88(73,15)16/h17-32,34-35,37-48,58,72,76,78H,33,36H2,1-16H3. The van der Waals surface area contributed by atoms with Gasteiger partial charge in [0.05, 0.1) is 0 Å². The van der Waals surface area contributed by atoms with Crippen LogP contribution in [0, 0.1) is 23.2 Å². The first-order chi connectivity index (χ1) is 41.7. The van der Waals surface area contributed by atoms with Gasteiger partial charge in [-0.1, -0.05) is 287 Å². The lowest BCUT2D eigenvalue weighted by Gasteiger charge is -2.38. The van der Waals surface area contributed by atoms with Crippen LogP contribution in [0.1, 0.15) is 196 Å². The molecule has 8 aliphatic carbocycles. The van der Waals surface area contributed by atoms with Crippen molar-refractivity contribution in [1.29, 1.82) is 0 Å². The van der Waals surface area contributed by atoms with Gasteiger partial charge in [0.25, 0.3) is 0 Å². The fraction of sp³-hybridized carbons (Fsp3) is 0.318. The van der Waals surface area contributed by atoms with Crippen LogP contribution in [0.25, 0.3) is 82.8 Å². The molecule has 0 heterocycles. The molecule has 0 saturated carbocycles. The summed E-state index contributed by atoms with van der Waals surface area (Å²) in [5, 5.41) is 5.50. The fourth-order valence-electron chi connectivity index (χ4n) is 17.8. The highest BCUT2D eigenvalue weighted by atomic mass is 14.5. The molecule has 0 aromatic heterocycles. The average molecular weight is 1140 g/mol. The van der Waals surface area contributed by atoms with Gasteiger partial charge >= 0.3 is 0 Å². The van der Waals surface area contributed by atoms with E-state index in [4.69, 9.17) is 0 Å². The van der Waals surface area contributed by atoms with Crippen molar-refractivity contribution in [3.63, 3.8) is 0 Å². The van der Waals surface area contributed by atoms with Crippen LogP contribution in [0.15, 0.2) is 199 Å². The SMILES string of the molecule is CC(C)(C)C1=CC2C(C(C3=CC4=C(CC3)c3cc5c(-c6ccccc6)c6c(c(-c7ccccc7)c5c5cccc4c35)C3=CC=CC4C(c5cc(C(C)(C)C)cc7c5-c5ccc(C(C)(C)C)cc5C7(C)C)=CC=C6C34)=C1)c1ccc(C(C)(C)C)cc1C2(C)C. The van der Waals surface area contributed by atoms with Crippen molar-refractivity contribution in [2.45, 2.75) is 157 Å². The Morgan fingerprint density at radius 2 is 1.05 bits per heavy atom. The summed E-state index contributed by atoms with van der Waals surface area (Å²) in [7, 11) is 0. The molecule has 0 saturated heterocycles. The predicted molar refractivity (Wildman–Crippen MR) is 378 cm³/mol. The van der Waals surface area contributed by atoms with Gasteiger partial charge in [-0.15, -0.1) is 0 Å². The fourth-order valence-corrected chi connectivity index (χ4v) is 17.8. The molecule has 0 spiro atoms. The van der Waals surface area contributed by atoms with E-state index in [0.717, 1.165) is 12.8 Å². The second kappa shape index (κ2) is 18.4. The lowest BCUT2D eigenvalue weighted by molar-refractivity contribution is 0.375. The lowest BCUT2D eigenvalue weighted by atomic mass is 9.66. The number of fused-ring (bicyclic) bond motifs is 13. The van der Waals surface area contributed by atoms with Crippen molar-refractivity contribution < 1.29 is 0 Å². The van der Waals surface area contributed by atoms with Crippen LogP contribution in [0.5, 0.6) is 0 Å². The normalized spacial score (nSPS) is 21.6. The highest BCUT2D eigenvalue weighted by Crippen LogP contribution is 2.66. The maximum Gasteiger partial charge on any atom is 0.0206 e. The molecule has 88 heavy (non-hydrogen) atoms. The van der Waals surface area contributed by atoms with E-state index in [1.54, 1.807) is 0 Å². The van der Waals surface area contributed by atoms with Gasteiger partial charge in [0.2, 0.25) is 0 Å². The van der Waals surface area contributed by atoms with Crippen LogP contribution in [0.3, 0.4) is 0 Å². The second-order valence-electron chi connectivity index (χ2n) is 32.7. The molecular formula is C88H86. The maximum atomic E-state index is 2.68. The first-order valence-electron chi connectivity index (χ1n) is 33.1. The second-order valence-corrected chi connectivity index (χ2v) is 32.7. The Hall–Kier alpha value is -7.80. The molecule has 0 heteroatoms. The smallest absolute Gasteiger partial charge is 0.0206 e. The molecule has 0 N–H and O–H groups in total. The van der Waals surface area contributed by atoms with E-state index >= 15 is 0 Å². The van der Waals surface area contributed by atoms with Crippen LogP contribution in [0.2, 0.25) is 0 Å². The third-order valence-corrected chi connectivity index (χ3v) is 22.7. The van der Waals surface area contributed by atoms with Crippen molar-refractivity contribution >= 4 is 49.4 Å². The third kappa shape index (κ3) is 7.82. The number of allylic oxidation sites excluding steroid dienone is 16. The summed E-state index contributed by atoms with van der Waals surface area (Å²) >= 11 is 0. The molecular weight excluding hydrogens is 1060 g/mol. The zero-order valence-corrected chi connectivity index (χ0v) is 55.0. The molecule has 8 aliphatic rings. The summed E-state index contributed by atoms with van der Waals surface area (Å²) in [4.78, 5) is 0. The Morgan fingerprint density at radius 3 is 1.73 bits per heavy atom. The van der Waals surface area contributed by atoms with Crippen molar-refractivity contribution in [3.8, 4) is 33.4 Å². The van der Waals surface area contributed by atoms with E-state index in [2.05, 4.69) is 293 Å². The van der Waals surface area contributed by atoms with Gasteiger partial charge in [-0.25, -0.2) is 0 Å². The molecule has 16 rings (SSSR count). The van der Waals surface area contributed by atoms with Crippen molar-refractivity contribution in [2.24, 2.45) is 23.2 Å². The van der Waals surface area contributed by atoms with Crippen LogP contribution < -0.4 is 0 Å². The summed E-state index contributed by atoms with van der Waals surface area (Å²) in [6.45, 7) is 38.6. The van der Waals surface area contributed by atoms with Crippen LogP contribution in [0.4, 0.5) is 0 Å². The maximum absolute atomic E-state index is 2.68. The molecule has 8 aromatic carbocycles. The Balaban J connectivity index is 0.926. The van der Waals surface area contributed by atoms with Crippen LogP contribution >= 0.6 is 0 Å². The highest BCUT2D eigenvalue weighted by molar-refractivity contribution is 6.30. The topological polar surface area (TPSA) is 0 Å². The number of hydrogen-bond acceptors (Lipinski definition) is 0. The Kier molecular flexibility index (Phi) is 11.6. The summed E-state index contributed by atoms with van der Waals surface area (Å²) in [5.41, 5.74) is 37.1. The Bertz CT molecular complexity index is 4710. The minimum absolute atomic E-state index is 0.00397. The first-order valence-corrected chi connectivity index (χ1v) is 33.1. The van der Waals surface area contributed by atoms with Crippen LogP contribution in [-0.2, 0) is 27.1 Å². The molecule has 0 aliphatic heterocycles. The van der Waals surface area contributed by atoms with E-state index in [-0.39, 0.29) is 44.3 Å². The number of rotatable bonds is 4. The summed E-state index contributed by atoms with van der Waals surface area (Å²) in [6, 6.07) is 53.1. The largest absolute Gasteiger partial charge is 0.0760 e. The Labute approximate surface area is 525 Å². The molecule has 0 radical (unpaired) electrons. The summed E-state index contributed by atoms with van der Waals surface area (Å²) < 4.78 is 0. The monoisotopic (exact) mass is 1140 g/mol. The van der Waals surface area contributed by atoms with E-state index < -0.39 is 0 Å². The highest BCUT2D eigenvalue weighted by Gasteiger charge is 2.51. The molecule has 438 valence electrons. The minimum Gasteiger partial charge on any atom is -0.0760 e. The van der Waals surface area contributed by atoms with Gasteiger partial charge in [0, 0.05) is 23.2 Å². The molecule has 4 atom stereocenters. The summed E-state index contributed by atoms with van der Waals surface area (Å²) in [5.74, 6) is 0.994. The van der Waals surface area contributed by atoms with Gasteiger partial charge in [-0.05, 0) is 218 Å². The van der Waals surface area contributed by atoms with Crippen molar-refractivity contribution in [3.05, 3.63) is 266 Å². The van der Waals surface area contributed by atoms with Crippen LogP contribution in [-0.4, -0.2) is 0 Å². The zero-order chi connectivity index (χ0) is 61.3. The molecule has 4 unspecified atom stereocenters. The van der Waals surface area contributed by atoms with Gasteiger partial charge < -0.3 is 0 Å². The Morgan fingerprint density at radius 1 is 0.420 bits per heavy atom. The number of hydrogen-bond donors (Lipinski definition) is 0. The zero-order valence-electron chi connectivity index (χ0n) is 55.0. The van der Waals surface area contributed by atoms with Gasteiger partial charge in [-0.2, -0.15) is 0 Å². The average Bonchev–Trinajstić information content (AvgIpc) is 1.50. The first kappa shape index (κ1) is 55.5. The van der Waals surface area contributed by atoms with Gasteiger partial charge in [0.1, 0.15) is 0 Å². The molecule has 0 amide bonds. The van der Waals surface area contributed by atoms with E-state index in [0.29, 0.717) is 11.8 Å². The van der Waals surface area contributed by atoms with Gasteiger partial charge in [0.15, 0.2) is 0 Å². The molecule has 0 fully saturated rings. The minimum atomic E-state index is -0.150. The summed E-state index contributed by atoms with van der Waals surface area (Å²) in [6.07, 6.45) is 22.6. The molecule has 0 bridgehead atoms. The lowest BCUT2D eigenvalue weighted by Crippen LogP contribution is -2.29. The number of benzene rings is 8. The van der Waals surface area contributed by atoms with Gasteiger partial charge in [-0.3, -0.25) is 0 Å². The van der Waals surface area contributed by atoms with E-state index in [1.165, 1.54) is 166 Å². The van der Waals surface area contributed by atoms with Crippen molar-refractivity contribution in [2.75, 3.05) is 0 Å². The van der Waals surface area contributed by atoms with E-state index in [1.807, 2.05) is 0 Å².